The molecule has 4 rings (SSSR count). The molecule has 7 nitrogen and oxygen atoms in total. The van der Waals surface area contributed by atoms with Gasteiger partial charge in [-0.25, -0.2) is 0 Å². The number of ether oxygens (including phenoxy) is 2. The molecule has 0 aromatic heterocycles. The number of hydrogen-bond donors (Lipinski definition) is 2. The zero-order valence-corrected chi connectivity index (χ0v) is 18.7. The van der Waals surface area contributed by atoms with Gasteiger partial charge in [0.25, 0.3) is 5.91 Å². The Balaban J connectivity index is 1.69. The van der Waals surface area contributed by atoms with Gasteiger partial charge < -0.3 is 14.8 Å². The van der Waals surface area contributed by atoms with Gasteiger partial charge in [0.2, 0.25) is 12.3 Å². The number of nitrogens with one attached hydrogen (secondary N) is 2. The standard InChI is InChI=1S/C26H25N3O4/c1-17-6-4-5-7-20(17)16-29-24(18-8-12-21(32-2)13-9-18)23(26(31)28-29)27-25(30)19-10-14-22(33-3)15-11-19/h4-16,23-24H,1-3H3,(H-,27,28,30,31)/p+1/b29-16-/t23-,24-/m1/s1. The van der Waals surface area contributed by atoms with Crippen molar-refractivity contribution in [1.29, 1.82) is 0 Å². The molecule has 1 heterocycles. The second-order valence-electron chi connectivity index (χ2n) is 7.77. The summed E-state index contributed by atoms with van der Waals surface area (Å²) in [6.07, 6.45) is 1.89. The zero-order valence-electron chi connectivity index (χ0n) is 18.7. The molecule has 33 heavy (non-hydrogen) atoms. The third-order valence-corrected chi connectivity index (χ3v) is 5.70. The Labute approximate surface area is 192 Å². The van der Waals surface area contributed by atoms with Gasteiger partial charge in [-0.15, -0.1) is 10.1 Å². The lowest BCUT2D eigenvalue weighted by molar-refractivity contribution is -0.596. The average molecular weight is 445 g/mol. The summed E-state index contributed by atoms with van der Waals surface area (Å²) in [5.74, 6) is 0.737. The van der Waals surface area contributed by atoms with Crippen LogP contribution < -0.4 is 20.2 Å². The van der Waals surface area contributed by atoms with E-state index >= 15 is 0 Å². The third-order valence-electron chi connectivity index (χ3n) is 5.70. The molecule has 1 aliphatic rings. The molecule has 2 amide bonds. The van der Waals surface area contributed by atoms with Gasteiger partial charge in [-0.3, -0.25) is 9.59 Å². The summed E-state index contributed by atoms with van der Waals surface area (Å²) in [6, 6.07) is 20.9. The van der Waals surface area contributed by atoms with Crippen molar-refractivity contribution in [3.8, 4) is 11.5 Å². The fourth-order valence-corrected chi connectivity index (χ4v) is 3.83. The fourth-order valence-electron chi connectivity index (χ4n) is 3.83. The molecular weight excluding hydrogens is 418 g/mol. The van der Waals surface area contributed by atoms with Crippen LogP contribution in [0, 0.1) is 6.92 Å². The Bertz CT molecular complexity index is 1190. The lowest BCUT2D eigenvalue weighted by atomic mass is 9.99. The Morgan fingerprint density at radius 1 is 0.939 bits per heavy atom. The van der Waals surface area contributed by atoms with Gasteiger partial charge in [-0.1, -0.05) is 18.2 Å². The topological polar surface area (TPSA) is 79.7 Å². The molecule has 7 heteroatoms. The molecule has 0 aliphatic carbocycles. The summed E-state index contributed by atoms with van der Waals surface area (Å²) in [4.78, 5) is 26.0. The molecule has 1 saturated heterocycles. The molecule has 0 unspecified atom stereocenters. The third kappa shape index (κ3) is 4.72. The molecule has 0 bridgehead atoms. The van der Waals surface area contributed by atoms with Gasteiger partial charge in [-0.05, 0) is 67.1 Å². The maximum Gasteiger partial charge on any atom is 0.304 e. The van der Waals surface area contributed by atoms with E-state index in [1.54, 1.807) is 43.2 Å². The van der Waals surface area contributed by atoms with Crippen molar-refractivity contribution in [2.24, 2.45) is 0 Å². The van der Waals surface area contributed by atoms with Crippen LogP contribution in [0.2, 0.25) is 0 Å². The number of carbonyl (C=O) groups excluding carboxylic acids is 2. The number of aryl methyl sites for hydroxylation is 1. The lowest BCUT2D eigenvalue weighted by Crippen LogP contribution is -2.42. The van der Waals surface area contributed by atoms with E-state index in [0.29, 0.717) is 17.1 Å². The van der Waals surface area contributed by atoms with Crippen LogP contribution in [0.5, 0.6) is 11.5 Å². The van der Waals surface area contributed by atoms with Gasteiger partial charge in [0.1, 0.15) is 11.5 Å². The van der Waals surface area contributed by atoms with Gasteiger partial charge in [0.15, 0.2) is 6.04 Å². The van der Waals surface area contributed by atoms with Crippen molar-refractivity contribution < 1.29 is 23.7 Å². The first-order valence-corrected chi connectivity index (χ1v) is 10.6. The summed E-state index contributed by atoms with van der Waals surface area (Å²) in [5, 5.41) is 2.91. The highest BCUT2D eigenvalue weighted by atomic mass is 16.5. The Kier molecular flexibility index (Phi) is 6.40. The van der Waals surface area contributed by atoms with Crippen molar-refractivity contribution in [3.05, 3.63) is 95.1 Å². The summed E-state index contributed by atoms with van der Waals surface area (Å²) in [7, 11) is 3.17. The van der Waals surface area contributed by atoms with Crippen molar-refractivity contribution in [2.75, 3.05) is 14.2 Å². The van der Waals surface area contributed by atoms with Crippen LogP contribution >= 0.6 is 0 Å². The van der Waals surface area contributed by atoms with E-state index in [1.807, 2.05) is 61.7 Å². The van der Waals surface area contributed by atoms with E-state index in [1.165, 1.54) is 0 Å². The summed E-state index contributed by atoms with van der Waals surface area (Å²) >= 11 is 0. The molecule has 168 valence electrons. The van der Waals surface area contributed by atoms with E-state index in [0.717, 1.165) is 16.7 Å². The van der Waals surface area contributed by atoms with E-state index in [4.69, 9.17) is 9.47 Å². The molecule has 0 radical (unpaired) electrons. The van der Waals surface area contributed by atoms with E-state index in [9.17, 15) is 9.59 Å². The highest BCUT2D eigenvalue weighted by molar-refractivity contribution is 5.98. The largest absolute Gasteiger partial charge is 0.497 e. The first-order chi connectivity index (χ1) is 16.0. The van der Waals surface area contributed by atoms with Gasteiger partial charge >= 0.3 is 5.91 Å². The van der Waals surface area contributed by atoms with E-state index < -0.39 is 12.1 Å². The highest BCUT2D eigenvalue weighted by Crippen LogP contribution is 2.27. The predicted molar refractivity (Wildman–Crippen MR) is 125 cm³/mol. The van der Waals surface area contributed by atoms with Crippen LogP contribution in [0.1, 0.15) is 33.1 Å². The van der Waals surface area contributed by atoms with E-state index in [2.05, 4.69) is 10.7 Å². The minimum atomic E-state index is -0.798. The van der Waals surface area contributed by atoms with Crippen LogP contribution in [-0.2, 0) is 4.79 Å². The van der Waals surface area contributed by atoms with Crippen LogP contribution in [0.25, 0.3) is 0 Å². The summed E-state index contributed by atoms with van der Waals surface area (Å²) in [6.45, 7) is 2.01. The average Bonchev–Trinajstić information content (AvgIpc) is 3.14. The summed E-state index contributed by atoms with van der Waals surface area (Å²) < 4.78 is 12.2. The second kappa shape index (κ2) is 9.56. The molecule has 0 spiro atoms. The predicted octanol–water partition coefficient (Wildman–Crippen LogP) is 3.03. The fraction of sp³-hybridized carbons (Fsp3) is 0.192. The molecule has 2 atom stereocenters. The van der Waals surface area contributed by atoms with Gasteiger partial charge in [0.05, 0.1) is 14.2 Å². The normalized spacial score (nSPS) is 18.6. The number of rotatable bonds is 6. The molecule has 3 aromatic carbocycles. The minimum Gasteiger partial charge on any atom is -0.497 e. The van der Waals surface area contributed by atoms with Crippen LogP contribution in [0.3, 0.4) is 0 Å². The maximum absolute atomic E-state index is 13.0. The smallest absolute Gasteiger partial charge is 0.304 e. The molecule has 3 aromatic rings. The second-order valence-corrected chi connectivity index (χ2v) is 7.77. The van der Waals surface area contributed by atoms with Gasteiger partial charge in [0, 0.05) is 16.7 Å². The quantitative estimate of drug-likeness (QED) is 0.573. The Morgan fingerprint density at radius 3 is 2.15 bits per heavy atom. The number of amides is 2. The monoisotopic (exact) mass is 444 g/mol. The van der Waals surface area contributed by atoms with E-state index in [-0.39, 0.29) is 11.8 Å². The lowest BCUT2D eigenvalue weighted by Gasteiger charge is -2.15. The Hall–Kier alpha value is -4.13. The van der Waals surface area contributed by atoms with Crippen LogP contribution in [-0.4, -0.2) is 43.0 Å². The number of methoxy groups -OCH3 is 2. The van der Waals surface area contributed by atoms with Crippen LogP contribution in [0.4, 0.5) is 0 Å². The number of hydrazine groups is 1. The molecule has 0 saturated carbocycles. The highest BCUT2D eigenvalue weighted by Gasteiger charge is 2.47. The molecule has 1 aliphatic heterocycles. The number of benzene rings is 3. The first-order valence-electron chi connectivity index (χ1n) is 10.6. The molecular formula is C26H26N3O4+. The molecule has 2 N–H and O–H groups in total. The zero-order chi connectivity index (χ0) is 23.4. The Morgan fingerprint density at radius 2 is 1.55 bits per heavy atom. The molecule has 1 fully saturated rings. The van der Waals surface area contributed by atoms with Crippen molar-refractivity contribution >= 4 is 18.0 Å². The van der Waals surface area contributed by atoms with Gasteiger partial charge in [-0.2, -0.15) is 0 Å². The van der Waals surface area contributed by atoms with Crippen LogP contribution in [0.15, 0.2) is 72.8 Å². The number of nitrogens with zero attached hydrogens (tertiary/aromatic N) is 1. The van der Waals surface area contributed by atoms with Crippen molar-refractivity contribution in [3.63, 3.8) is 0 Å². The first kappa shape index (κ1) is 22.1. The minimum absolute atomic E-state index is 0.289. The van der Waals surface area contributed by atoms with Crippen molar-refractivity contribution in [2.45, 2.75) is 19.0 Å². The maximum atomic E-state index is 13.0. The number of hydrazone groups is 1. The SMILES string of the molecule is COc1ccc(C(=O)N[C@H]2C(=O)N/[N+](=C\c3ccccc3C)[C@@H]2c2ccc(OC)cc2)cc1. The number of carbonyl (C=O) groups is 2. The number of hydrogen-bond acceptors (Lipinski definition) is 4. The summed E-state index contributed by atoms with van der Waals surface area (Å²) in [5.41, 5.74) is 6.25. The van der Waals surface area contributed by atoms with Crippen molar-refractivity contribution in [1.82, 2.24) is 10.7 Å².